The molecule has 6 nitrogen and oxygen atoms in total. The van der Waals surface area contributed by atoms with E-state index in [4.69, 9.17) is 0 Å². The number of hydrogen-bond acceptors (Lipinski definition) is 4. The molecule has 188 valence electrons. The highest BCUT2D eigenvalue weighted by molar-refractivity contribution is 7.89. The molecular formula is C25H29F3N4O2S. The summed E-state index contributed by atoms with van der Waals surface area (Å²) in [6, 6.07) is 10.9. The molecule has 2 aliphatic rings. The topological polar surface area (TPSA) is 69.3 Å². The smallest absolute Gasteiger partial charge is 0.361 e. The lowest BCUT2D eigenvalue weighted by Crippen LogP contribution is -2.47. The van der Waals surface area contributed by atoms with Gasteiger partial charge in [-0.1, -0.05) is 56.0 Å². The standard InChI is InChI=1S/C25H29F3N4O2S/c26-25(27,28)35(33,34)31-15-21(11-9-18-5-1-2-6-18)32(14-20-13-29-17-30-20)24-12-10-19-7-3-4-8-22(19)23(24)16-31/h3-4,7-8,10,12-13,17-18,21H,1-2,5-6,9,11,14-16H2,(H,29,30). The lowest BCUT2D eigenvalue weighted by molar-refractivity contribution is -0.0492. The number of benzene rings is 2. The maximum atomic E-state index is 13.7. The summed E-state index contributed by atoms with van der Waals surface area (Å²) in [7, 11) is -5.50. The van der Waals surface area contributed by atoms with Gasteiger partial charge in [-0.25, -0.2) is 13.4 Å². The van der Waals surface area contributed by atoms with Crippen molar-refractivity contribution < 1.29 is 21.6 Å². The fourth-order valence-corrected chi connectivity index (χ4v) is 6.56. The fourth-order valence-electron chi connectivity index (χ4n) is 5.60. The highest BCUT2D eigenvalue weighted by atomic mass is 32.2. The summed E-state index contributed by atoms with van der Waals surface area (Å²) >= 11 is 0. The molecule has 1 aliphatic heterocycles. The molecule has 1 aliphatic carbocycles. The molecule has 0 radical (unpaired) electrons. The molecule has 0 spiro atoms. The number of anilines is 1. The Hall–Kier alpha value is -2.59. The Labute approximate surface area is 203 Å². The molecule has 5 rings (SSSR count). The second-order valence-corrected chi connectivity index (χ2v) is 11.5. The molecule has 2 aromatic carbocycles. The van der Waals surface area contributed by atoms with Crippen LogP contribution in [0.3, 0.4) is 0 Å². The normalized spacial score (nSPS) is 20.3. The van der Waals surface area contributed by atoms with Crippen molar-refractivity contribution in [3.63, 3.8) is 0 Å². The Bertz CT molecular complexity index is 1270. The van der Waals surface area contributed by atoms with Crippen LogP contribution < -0.4 is 4.90 Å². The molecule has 1 saturated carbocycles. The van der Waals surface area contributed by atoms with Crippen LogP contribution in [0.1, 0.15) is 49.8 Å². The molecule has 3 aromatic rings. The van der Waals surface area contributed by atoms with E-state index in [1.807, 2.05) is 36.4 Å². The largest absolute Gasteiger partial charge is 0.511 e. The van der Waals surface area contributed by atoms with Gasteiger partial charge in [0.1, 0.15) is 0 Å². The van der Waals surface area contributed by atoms with E-state index in [2.05, 4.69) is 14.9 Å². The Morgan fingerprint density at radius 3 is 2.54 bits per heavy atom. The molecule has 1 N–H and O–H groups in total. The van der Waals surface area contributed by atoms with Gasteiger partial charge in [-0.15, -0.1) is 0 Å². The number of aromatic nitrogens is 2. The molecule has 1 atom stereocenters. The minimum absolute atomic E-state index is 0.217. The molecule has 2 heterocycles. The van der Waals surface area contributed by atoms with Crippen LogP contribution in [0.2, 0.25) is 0 Å². The minimum atomic E-state index is -5.50. The first kappa shape index (κ1) is 24.1. The SMILES string of the molecule is O=S(=O)(N1Cc2c(ccc3ccccc23)N(Cc2cnc[nH]2)C(CCC2CCCC2)C1)C(F)(F)F. The van der Waals surface area contributed by atoms with E-state index in [0.29, 0.717) is 28.8 Å². The van der Waals surface area contributed by atoms with Gasteiger partial charge in [0.15, 0.2) is 0 Å². The highest BCUT2D eigenvalue weighted by Crippen LogP contribution is 2.40. The molecular weight excluding hydrogens is 477 g/mol. The second kappa shape index (κ2) is 9.46. The van der Waals surface area contributed by atoms with Crippen LogP contribution in [-0.4, -0.2) is 40.8 Å². The quantitative estimate of drug-likeness (QED) is 0.474. The lowest BCUT2D eigenvalue weighted by Gasteiger charge is -2.34. The zero-order chi connectivity index (χ0) is 24.6. The summed E-state index contributed by atoms with van der Waals surface area (Å²) < 4.78 is 67.3. The number of nitrogens with zero attached hydrogens (tertiary/aromatic N) is 3. The first-order valence-corrected chi connectivity index (χ1v) is 13.5. The van der Waals surface area contributed by atoms with Crippen LogP contribution in [0.15, 0.2) is 48.9 Å². The van der Waals surface area contributed by atoms with Gasteiger partial charge in [-0.3, -0.25) is 0 Å². The Balaban J connectivity index is 1.62. The summed E-state index contributed by atoms with van der Waals surface area (Å²) in [4.78, 5) is 9.27. The molecule has 10 heteroatoms. The van der Waals surface area contributed by atoms with Gasteiger partial charge in [-0.2, -0.15) is 17.5 Å². The number of fused-ring (bicyclic) bond motifs is 3. The third-order valence-corrected chi connectivity index (χ3v) is 8.97. The van der Waals surface area contributed by atoms with Gasteiger partial charge in [0.25, 0.3) is 0 Å². The van der Waals surface area contributed by atoms with Crippen molar-refractivity contribution in [2.75, 3.05) is 11.4 Å². The predicted molar refractivity (Wildman–Crippen MR) is 129 cm³/mol. The highest BCUT2D eigenvalue weighted by Gasteiger charge is 2.51. The summed E-state index contributed by atoms with van der Waals surface area (Å²) in [6.07, 6.45) is 9.36. The van der Waals surface area contributed by atoms with Gasteiger partial charge in [-0.05, 0) is 41.2 Å². The van der Waals surface area contributed by atoms with Crippen molar-refractivity contribution in [2.24, 2.45) is 5.92 Å². The number of rotatable bonds is 6. The van der Waals surface area contributed by atoms with Crippen LogP contribution in [-0.2, 0) is 23.1 Å². The molecule has 35 heavy (non-hydrogen) atoms. The van der Waals surface area contributed by atoms with E-state index in [-0.39, 0.29) is 13.1 Å². The number of H-pyrrole nitrogens is 1. The van der Waals surface area contributed by atoms with E-state index in [0.717, 1.165) is 41.4 Å². The number of imidazole rings is 1. The van der Waals surface area contributed by atoms with Gasteiger partial charge in [0.05, 0.1) is 18.6 Å². The van der Waals surface area contributed by atoms with Crippen molar-refractivity contribution >= 4 is 26.5 Å². The molecule has 1 unspecified atom stereocenters. The molecule has 0 bridgehead atoms. The third kappa shape index (κ3) is 4.78. The fraction of sp³-hybridized carbons (Fsp3) is 0.480. The van der Waals surface area contributed by atoms with Gasteiger partial charge < -0.3 is 9.88 Å². The summed E-state index contributed by atoms with van der Waals surface area (Å²) in [5.74, 6) is 0.538. The lowest BCUT2D eigenvalue weighted by atomic mass is 9.97. The van der Waals surface area contributed by atoms with Gasteiger partial charge >= 0.3 is 15.5 Å². The minimum Gasteiger partial charge on any atom is -0.361 e. The zero-order valence-electron chi connectivity index (χ0n) is 19.3. The van der Waals surface area contributed by atoms with Crippen molar-refractivity contribution in [1.82, 2.24) is 14.3 Å². The van der Waals surface area contributed by atoms with Crippen LogP contribution in [0, 0.1) is 5.92 Å². The van der Waals surface area contributed by atoms with Crippen molar-refractivity contribution in [2.45, 2.75) is 63.2 Å². The van der Waals surface area contributed by atoms with Crippen LogP contribution in [0.5, 0.6) is 0 Å². The Morgan fingerprint density at radius 2 is 1.83 bits per heavy atom. The van der Waals surface area contributed by atoms with E-state index in [1.165, 1.54) is 12.8 Å². The van der Waals surface area contributed by atoms with Crippen molar-refractivity contribution in [3.05, 3.63) is 60.2 Å². The van der Waals surface area contributed by atoms with E-state index < -0.39 is 21.6 Å². The van der Waals surface area contributed by atoms with Gasteiger partial charge in [0, 0.05) is 31.0 Å². The van der Waals surface area contributed by atoms with Crippen LogP contribution in [0.25, 0.3) is 10.8 Å². The first-order valence-electron chi connectivity index (χ1n) is 12.0. The third-order valence-electron chi connectivity index (χ3n) is 7.43. The molecule has 0 saturated heterocycles. The summed E-state index contributed by atoms with van der Waals surface area (Å²) in [5, 5.41) is 1.62. The van der Waals surface area contributed by atoms with Crippen LogP contribution in [0.4, 0.5) is 18.9 Å². The summed E-state index contributed by atoms with van der Waals surface area (Å²) in [6.45, 7) is -0.135. The monoisotopic (exact) mass is 506 g/mol. The first-order chi connectivity index (χ1) is 16.7. The predicted octanol–water partition coefficient (Wildman–Crippen LogP) is 5.57. The van der Waals surface area contributed by atoms with Crippen LogP contribution >= 0.6 is 0 Å². The number of hydrogen-bond donors (Lipinski definition) is 1. The molecule has 1 fully saturated rings. The average molecular weight is 507 g/mol. The molecule has 1 aromatic heterocycles. The van der Waals surface area contributed by atoms with Crippen molar-refractivity contribution in [3.8, 4) is 0 Å². The van der Waals surface area contributed by atoms with E-state index >= 15 is 0 Å². The number of alkyl halides is 3. The number of nitrogens with one attached hydrogen (secondary N) is 1. The maximum absolute atomic E-state index is 13.7. The second-order valence-electron chi connectivity index (χ2n) is 9.61. The maximum Gasteiger partial charge on any atom is 0.511 e. The van der Waals surface area contributed by atoms with E-state index in [9.17, 15) is 21.6 Å². The average Bonchev–Trinajstić information content (AvgIpc) is 3.51. The van der Waals surface area contributed by atoms with Gasteiger partial charge in [0.2, 0.25) is 0 Å². The number of aromatic amines is 1. The Kier molecular flexibility index (Phi) is 6.52. The zero-order valence-corrected chi connectivity index (χ0v) is 20.2. The Morgan fingerprint density at radius 1 is 1.06 bits per heavy atom. The number of halogens is 3. The van der Waals surface area contributed by atoms with Crippen molar-refractivity contribution in [1.29, 1.82) is 0 Å². The summed E-state index contributed by atoms with van der Waals surface area (Å²) in [5.41, 5.74) is -3.16. The van der Waals surface area contributed by atoms with E-state index in [1.54, 1.807) is 12.5 Å². The number of sulfonamides is 1. The molecule has 0 amide bonds.